The highest BCUT2D eigenvalue weighted by atomic mass is 19.4. The average Bonchev–Trinajstić information content (AvgIpc) is 3.38. The van der Waals surface area contributed by atoms with Gasteiger partial charge in [0.1, 0.15) is 17.1 Å². The molecular weight excluding hydrogens is 353 g/mol. The summed E-state index contributed by atoms with van der Waals surface area (Å²) in [5.74, 6) is -2.24. The molecule has 1 saturated carbocycles. The number of carbonyl (C=O) groups excluding carboxylic acids is 1. The smallest absolute Gasteiger partial charge is 0.493 e. The predicted molar refractivity (Wildman–Crippen MR) is 84.5 cm³/mol. The van der Waals surface area contributed by atoms with Crippen molar-refractivity contribution in [2.24, 2.45) is 5.73 Å². The van der Waals surface area contributed by atoms with Crippen LogP contribution in [0.5, 0.6) is 23.0 Å². The molecule has 2 N–H and O–H groups in total. The van der Waals surface area contributed by atoms with Gasteiger partial charge in [0.15, 0.2) is 11.5 Å². The quantitative estimate of drug-likeness (QED) is 0.836. The molecule has 0 radical (unpaired) electrons. The largest absolute Gasteiger partial charge is 0.573 e. The van der Waals surface area contributed by atoms with Crippen molar-refractivity contribution in [2.45, 2.75) is 25.1 Å². The molecule has 26 heavy (non-hydrogen) atoms. The summed E-state index contributed by atoms with van der Waals surface area (Å²) in [6.07, 6.45) is -1.94. The Hall–Kier alpha value is -2.97. The van der Waals surface area contributed by atoms with Crippen LogP contribution in [-0.2, 0) is 0 Å². The SMILES string of the molecule is [2H]C([2H])([2H])Oc1cc(OC(F)(F)F)ccc1Oc1ccnc(C2CC2)c1C(N)=O. The predicted octanol–water partition coefficient (Wildman–Crippen LogP) is 3.76. The van der Waals surface area contributed by atoms with Crippen molar-refractivity contribution in [3.05, 3.63) is 41.7 Å². The van der Waals surface area contributed by atoms with E-state index in [1.165, 1.54) is 12.3 Å². The zero-order valence-electron chi connectivity index (χ0n) is 16.2. The molecule has 1 heterocycles. The summed E-state index contributed by atoms with van der Waals surface area (Å²) in [5.41, 5.74) is 5.91. The van der Waals surface area contributed by atoms with Crippen molar-refractivity contribution in [1.82, 2.24) is 4.98 Å². The Morgan fingerprint density at radius 2 is 2.04 bits per heavy atom. The second-order valence-corrected chi connectivity index (χ2v) is 5.57. The number of rotatable bonds is 6. The fourth-order valence-corrected chi connectivity index (χ4v) is 2.43. The maximum Gasteiger partial charge on any atom is 0.573 e. The van der Waals surface area contributed by atoms with Gasteiger partial charge in [-0.2, -0.15) is 0 Å². The number of amides is 1. The molecule has 2 aromatic rings. The fourth-order valence-electron chi connectivity index (χ4n) is 2.43. The molecule has 0 unspecified atom stereocenters. The molecule has 0 atom stereocenters. The number of hydrogen-bond acceptors (Lipinski definition) is 5. The van der Waals surface area contributed by atoms with Crippen LogP contribution < -0.4 is 19.9 Å². The number of halogens is 3. The monoisotopic (exact) mass is 371 g/mol. The maximum atomic E-state index is 12.5. The molecule has 1 aliphatic rings. The third-order valence-corrected chi connectivity index (χ3v) is 3.63. The van der Waals surface area contributed by atoms with Gasteiger partial charge in [-0.1, -0.05) is 0 Å². The molecule has 0 bridgehead atoms. The molecular formula is C17H15F3N2O4. The summed E-state index contributed by atoms with van der Waals surface area (Å²) in [5, 5.41) is 0. The lowest BCUT2D eigenvalue weighted by Gasteiger charge is -2.15. The Morgan fingerprint density at radius 3 is 2.65 bits per heavy atom. The summed E-state index contributed by atoms with van der Waals surface area (Å²) >= 11 is 0. The average molecular weight is 371 g/mol. The van der Waals surface area contributed by atoms with Crippen molar-refractivity contribution >= 4 is 5.91 Å². The molecule has 0 aliphatic heterocycles. The van der Waals surface area contributed by atoms with E-state index in [0.29, 0.717) is 5.69 Å². The molecule has 6 nitrogen and oxygen atoms in total. The van der Waals surface area contributed by atoms with E-state index in [9.17, 15) is 18.0 Å². The van der Waals surface area contributed by atoms with Gasteiger partial charge in [0.05, 0.1) is 16.8 Å². The number of benzene rings is 1. The minimum atomic E-state index is -4.98. The van der Waals surface area contributed by atoms with Gasteiger partial charge in [-0.25, -0.2) is 0 Å². The van der Waals surface area contributed by atoms with Crippen LogP contribution in [0.15, 0.2) is 30.5 Å². The van der Waals surface area contributed by atoms with E-state index in [-0.39, 0.29) is 23.0 Å². The van der Waals surface area contributed by atoms with E-state index in [1.807, 2.05) is 0 Å². The highest BCUT2D eigenvalue weighted by molar-refractivity contribution is 5.97. The normalized spacial score (nSPS) is 16.2. The zero-order valence-corrected chi connectivity index (χ0v) is 13.2. The van der Waals surface area contributed by atoms with Crippen molar-refractivity contribution in [3.8, 4) is 23.0 Å². The lowest BCUT2D eigenvalue weighted by Crippen LogP contribution is -2.17. The van der Waals surface area contributed by atoms with Gasteiger partial charge in [-0.15, -0.1) is 13.2 Å². The molecule has 9 heteroatoms. The first-order valence-corrected chi connectivity index (χ1v) is 7.48. The highest BCUT2D eigenvalue weighted by Gasteiger charge is 2.32. The minimum Gasteiger partial charge on any atom is -0.493 e. The second-order valence-electron chi connectivity index (χ2n) is 5.57. The van der Waals surface area contributed by atoms with E-state index in [4.69, 9.17) is 19.3 Å². The maximum absolute atomic E-state index is 12.5. The van der Waals surface area contributed by atoms with Gasteiger partial charge >= 0.3 is 6.36 Å². The number of nitrogens with zero attached hydrogens (tertiary/aromatic N) is 1. The van der Waals surface area contributed by atoms with Crippen LogP contribution in [0.3, 0.4) is 0 Å². The summed E-state index contributed by atoms with van der Waals surface area (Å²) in [4.78, 5) is 16.1. The molecule has 0 spiro atoms. The molecule has 1 amide bonds. The number of ether oxygens (including phenoxy) is 3. The van der Waals surface area contributed by atoms with Crippen LogP contribution in [0.1, 0.15) is 38.9 Å². The number of hydrogen-bond donors (Lipinski definition) is 1. The van der Waals surface area contributed by atoms with Crippen LogP contribution in [0.2, 0.25) is 0 Å². The topological polar surface area (TPSA) is 83.7 Å². The van der Waals surface area contributed by atoms with E-state index in [1.54, 1.807) is 0 Å². The van der Waals surface area contributed by atoms with Crippen LogP contribution in [0.4, 0.5) is 13.2 Å². The van der Waals surface area contributed by atoms with Crippen molar-refractivity contribution in [1.29, 1.82) is 0 Å². The molecule has 138 valence electrons. The lowest BCUT2D eigenvalue weighted by atomic mass is 10.1. The van der Waals surface area contributed by atoms with Gasteiger partial charge in [0, 0.05) is 18.2 Å². The number of methoxy groups -OCH3 is 1. The van der Waals surface area contributed by atoms with E-state index < -0.39 is 30.8 Å². The van der Waals surface area contributed by atoms with Gasteiger partial charge in [0.25, 0.3) is 5.91 Å². The number of primary amides is 1. The highest BCUT2D eigenvalue weighted by Crippen LogP contribution is 2.44. The molecule has 1 aliphatic carbocycles. The molecule has 1 fully saturated rings. The number of alkyl halides is 3. The lowest BCUT2D eigenvalue weighted by molar-refractivity contribution is -0.274. The Bertz CT molecular complexity index is 931. The van der Waals surface area contributed by atoms with Crippen molar-refractivity contribution < 1.29 is 36.3 Å². The number of pyridine rings is 1. The standard InChI is InChI=1S/C17H15F3N2O4/c1-24-13-8-10(26-17(18,19)20)4-5-11(13)25-12-6-7-22-15(9-2-3-9)14(12)16(21)23/h4-9H,2-3H2,1H3,(H2,21,23)/i1D3. The van der Waals surface area contributed by atoms with Gasteiger partial charge < -0.3 is 19.9 Å². The third-order valence-electron chi connectivity index (χ3n) is 3.63. The number of nitrogens with two attached hydrogens (primary N) is 1. The Labute approximate surface area is 150 Å². The van der Waals surface area contributed by atoms with Crippen LogP contribution >= 0.6 is 0 Å². The first-order chi connectivity index (χ1) is 13.4. The van der Waals surface area contributed by atoms with Crippen LogP contribution in [0, 0.1) is 0 Å². The third kappa shape index (κ3) is 3.98. The van der Waals surface area contributed by atoms with Gasteiger partial charge in [-0.3, -0.25) is 9.78 Å². The fraction of sp³-hybridized carbons (Fsp3) is 0.294. The Balaban J connectivity index is 2.00. The molecule has 3 rings (SSSR count). The van der Waals surface area contributed by atoms with Crippen molar-refractivity contribution in [2.75, 3.05) is 7.04 Å². The summed E-state index contributed by atoms with van der Waals surface area (Å²) in [7, 11) is -2.97. The molecule has 1 aromatic carbocycles. The Morgan fingerprint density at radius 1 is 1.27 bits per heavy atom. The van der Waals surface area contributed by atoms with Crippen LogP contribution in [-0.4, -0.2) is 24.3 Å². The first-order valence-electron chi connectivity index (χ1n) is 8.98. The van der Waals surface area contributed by atoms with E-state index in [2.05, 4.69) is 9.72 Å². The summed E-state index contributed by atoms with van der Waals surface area (Å²) < 4.78 is 73.2. The molecule has 0 saturated heterocycles. The minimum absolute atomic E-state index is 0.0189. The van der Waals surface area contributed by atoms with Crippen molar-refractivity contribution in [3.63, 3.8) is 0 Å². The first kappa shape index (κ1) is 14.2. The van der Waals surface area contributed by atoms with Gasteiger partial charge in [-0.05, 0) is 31.0 Å². The number of carbonyl (C=O) groups is 1. The van der Waals surface area contributed by atoms with Gasteiger partial charge in [0.2, 0.25) is 0 Å². The Kier molecular flexibility index (Phi) is 3.69. The molecule has 1 aromatic heterocycles. The summed E-state index contributed by atoms with van der Waals surface area (Å²) in [6, 6.07) is 4.01. The van der Waals surface area contributed by atoms with E-state index in [0.717, 1.165) is 31.0 Å². The zero-order chi connectivity index (χ0) is 21.4. The summed E-state index contributed by atoms with van der Waals surface area (Å²) in [6.45, 7) is 0. The van der Waals surface area contributed by atoms with E-state index >= 15 is 0 Å². The number of aromatic nitrogens is 1. The second kappa shape index (κ2) is 6.74. The van der Waals surface area contributed by atoms with Crippen LogP contribution in [0.25, 0.3) is 0 Å².